The van der Waals surface area contributed by atoms with Crippen LogP contribution in [-0.2, 0) is 16.2 Å². The van der Waals surface area contributed by atoms with Gasteiger partial charge in [0.25, 0.3) is 0 Å². The van der Waals surface area contributed by atoms with Crippen LogP contribution >= 0.6 is 0 Å². The van der Waals surface area contributed by atoms with Gasteiger partial charge in [-0.25, -0.2) is 29.9 Å². The van der Waals surface area contributed by atoms with Gasteiger partial charge in [-0.3, -0.25) is 15.0 Å². The fraction of sp³-hybridized carbons (Fsp3) is 0.0379. The maximum atomic E-state index is 5.22. The first kappa shape index (κ1) is 84.4. The lowest BCUT2D eigenvalue weighted by atomic mass is 9.67. The number of hydrogen-bond donors (Lipinski definition) is 0. The van der Waals surface area contributed by atoms with E-state index in [1.54, 1.807) is 18.6 Å². The lowest BCUT2D eigenvalue weighted by Gasteiger charge is -2.33. The summed E-state index contributed by atoms with van der Waals surface area (Å²) in [6.45, 7) is 4.66. The zero-order chi connectivity index (χ0) is 94.0. The summed E-state index contributed by atoms with van der Waals surface area (Å²) < 4.78 is 0. The minimum absolute atomic E-state index is 0.0741. The number of benzene rings is 17. The predicted molar refractivity (Wildman–Crippen MR) is 573 cm³/mol. The van der Waals surface area contributed by atoms with Crippen molar-refractivity contribution < 1.29 is 0 Å². The molecule has 6 heterocycles. The summed E-state index contributed by atoms with van der Waals surface area (Å²) in [7, 11) is 0. The molecule has 4 aliphatic rings. The number of nitrogens with zero attached hydrogens (tertiary/aromatic N) is 9. The van der Waals surface area contributed by atoms with Gasteiger partial charge in [-0.1, -0.05) is 426 Å². The summed E-state index contributed by atoms with van der Waals surface area (Å²) in [5.74, 6) is 2.10. The van der Waals surface area contributed by atoms with Crippen LogP contribution < -0.4 is 0 Å². The third kappa shape index (κ3) is 14.8. The smallest absolute Gasteiger partial charge is 0.160 e. The maximum absolute atomic E-state index is 5.22. The van der Waals surface area contributed by atoms with E-state index in [0.29, 0.717) is 17.5 Å². The highest BCUT2D eigenvalue weighted by Crippen LogP contribution is 2.64. The summed E-state index contributed by atoms with van der Waals surface area (Å²) in [5, 5.41) is 2.56. The van der Waals surface area contributed by atoms with Crippen molar-refractivity contribution in [3.63, 3.8) is 0 Å². The van der Waals surface area contributed by atoms with E-state index in [9.17, 15) is 0 Å². The third-order valence-electron chi connectivity index (χ3n) is 28.7. The Kier molecular flexibility index (Phi) is 21.2. The summed E-state index contributed by atoms with van der Waals surface area (Å²) in [4.78, 5) is 43.7. The Morgan fingerprint density at radius 2 is 0.440 bits per heavy atom. The van der Waals surface area contributed by atoms with E-state index >= 15 is 0 Å². The molecule has 6 aromatic heterocycles. The Labute approximate surface area is 819 Å². The van der Waals surface area contributed by atoms with Gasteiger partial charge >= 0.3 is 0 Å². The molecule has 141 heavy (non-hydrogen) atoms. The normalized spacial score (nSPS) is 12.9. The van der Waals surface area contributed by atoms with Crippen LogP contribution in [0, 0.1) is 0 Å². The molecule has 0 bridgehead atoms. The van der Waals surface area contributed by atoms with E-state index in [1.807, 2.05) is 55.0 Å². The molecule has 9 heteroatoms. The Morgan fingerprint density at radius 3 is 0.809 bits per heavy atom. The molecular formula is C132H89N9. The largest absolute Gasteiger partial charge is 0.264 e. The molecule has 9 nitrogen and oxygen atoms in total. The van der Waals surface area contributed by atoms with Gasteiger partial charge in [0.05, 0.1) is 45.0 Å². The molecule has 1 spiro atoms. The van der Waals surface area contributed by atoms with E-state index in [0.717, 1.165) is 118 Å². The summed E-state index contributed by atoms with van der Waals surface area (Å²) in [6, 6.07) is 166. The highest BCUT2D eigenvalue weighted by molar-refractivity contribution is 6.04. The van der Waals surface area contributed by atoms with Gasteiger partial charge in [-0.2, -0.15) is 0 Å². The monoisotopic (exact) mass is 1800 g/mol. The van der Waals surface area contributed by atoms with Crippen LogP contribution in [0.15, 0.2) is 504 Å². The molecule has 0 fully saturated rings. The van der Waals surface area contributed by atoms with Gasteiger partial charge < -0.3 is 0 Å². The minimum Gasteiger partial charge on any atom is -0.264 e. The summed E-state index contributed by atoms with van der Waals surface area (Å²) in [5.41, 5.74) is 43.8. The Hall–Kier alpha value is -18.3. The highest BCUT2D eigenvalue weighted by atomic mass is 14.9. The Balaban J connectivity index is 0.000000112. The first-order chi connectivity index (χ1) is 69.6. The van der Waals surface area contributed by atoms with E-state index in [-0.39, 0.29) is 10.8 Å². The molecule has 0 unspecified atom stereocenters. The third-order valence-corrected chi connectivity index (χ3v) is 28.7. The predicted octanol–water partition coefficient (Wildman–Crippen LogP) is 31.8. The first-order valence-corrected chi connectivity index (χ1v) is 48.0. The number of pyridine rings is 3. The molecule has 4 aliphatic carbocycles. The second-order valence-electron chi connectivity index (χ2n) is 37.0. The number of rotatable bonds is 14. The van der Waals surface area contributed by atoms with Crippen LogP contribution in [0.2, 0.25) is 0 Å². The topological polar surface area (TPSA) is 116 Å². The zero-order valence-electron chi connectivity index (χ0n) is 77.4. The average molecular weight is 1800 g/mol. The molecule has 27 rings (SSSR count). The van der Waals surface area contributed by atoms with Crippen LogP contribution in [0.5, 0.6) is 0 Å². The molecule has 23 aromatic rings. The first-order valence-electron chi connectivity index (χ1n) is 48.0. The standard InChI is InChI=1S/C46H29N3.C46H31N3.C40H29N3/c1-2-11-31(12-3-1)43-28-44(49-45(48-43)32-22-20-30(21-23-32)34-13-10-26-47-29-34)33-24-25-42-38(27-33)37-16-6-9-19-41(37)46(42)39-17-7-4-14-35(39)36-15-5-8-18-40(36)46;1-4-13-33(14-5-1)43-30-44(49-45(48-43)34-24-22-32(23-25-34)36-15-12-28-47-31-36)35-26-27-42-40(29-35)39-20-10-11-21-41(39)46(42,37-16-6-2-7-17-37)38-18-8-3-9-19-38;1-40(2)34-20-19-30(23-33(34)38-32-13-7-6-9-27(32)18-21-35(38)40)37-24-36(28-10-4-3-5-11-28)42-39(43-37)29-16-14-26(15-17-29)31-12-8-22-41-25-31/h1-29H;1-31H;3-25H,1-2H3. The molecule has 0 N–H and O–H groups in total. The van der Waals surface area contributed by atoms with Crippen LogP contribution in [0.25, 0.3) is 190 Å². The quantitative estimate of drug-likeness (QED) is 0.105. The average Bonchev–Trinajstić information content (AvgIpc) is 1.51. The fourth-order valence-corrected chi connectivity index (χ4v) is 22.0. The molecule has 0 saturated heterocycles. The van der Waals surface area contributed by atoms with E-state index in [1.165, 1.54) is 111 Å². The van der Waals surface area contributed by atoms with Crippen molar-refractivity contribution in [1.82, 2.24) is 44.9 Å². The second-order valence-corrected chi connectivity index (χ2v) is 37.0. The SMILES string of the molecule is CC1(C)c2ccc(-c3cc(-c4ccccc4)nc(-c4ccc(-c5cccnc5)cc4)n3)cc2-c2c1ccc1ccccc21.c1ccc(-c2cc(-c3ccc4c(c3)-c3ccccc3C4(c3ccccc3)c3ccccc3)nc(-c3ccc(-c4cccnc4)cc3)n2)cc1.c1ccc(-c2cc(-c3ccc4c(c3)-c3ccccc3C43c4ccccc4-c4ccccc43)nc(-c3ccc(-c4cccnc4)cc3)n2)cc1. The highest BCUT2D eigenvalue weighted by Gasteiger charge is 2.52. The van der Waals surface area contributed by atoms with Crippen LogP contribution in [0.3, 0.4) is 0 Å². The van der Waals surface area contributed by atoms with Crippen molar-refractivity contribution in [2.75, 3.05) is 0 Å². The van der Waals surface area contributed by atoms with Crippen LogP contribution in [0.4, 0.5) is 0 Å². The van der Waals surface area contributed by atoms with Gasteiger partial charge in [0, 0.05) is 92.7 Å². The molecule has 0 aliphatic heterocycles. The number of hydrogen-bond acceptors (Lipinski definition) is 9. The van der Waals surface area contributed by atoms with Crippen LogP contribution in [0.1, 0.15) is 69.5 Å². The van der Waals surface area contributed by atoms with Crippen molar-refractivity contribution in [2.24, 2.45) is 0 Å². The van der Waals surface area contributed by atoms with Crippen molar-refractivity contribution in [2.45, 2.75) is 30.1 Å². The minimum atomic E-state index is -0.435. The summed E-state index contributed by atoms with van der Waals surface area (Å²) in [6.07, 6.45) is 11.0. The second kappa shape index (κ2) is 35.4. The zero-order valence-corrected chi connectivity index (χ0v) is 77.4. The summed E-state index contributed by atoms with van der Waals surface area (Å²) >= 11 is 0. The van der Waals surface area contributed by atoms with Gasteiger partial charge in [0.1, 0.15) is 0 Å². The molecule has 662 valence electrons. The lowest BCUT2D eigenvalue weighted by Crippen LogP contribution is -2.28. The Bertz CT molecular complexity index is 8340. The van der Waals surface area contributed by atoms with Gasteiger partial charge in [0.15, 0.2) is 17.5 Å². The van der Waals surface area contributed by atoms with Gasteiger partial charge in [-0.05, 0) is 199 Å². The van der Waals surface area contributed by atoms with Crippen molar-refractivity contribution in [1.29, 1.82) is 0 Å². The van der Waals surface area contributed by atoms with Crippen molar-refractivity contribution in [3.05, 3.63) is 560 Å². The molecule has 0 amide bonds. The lowest BCUT2D eigenvalue weighted by molar-refractivity contribution is 0.661. The van der Waals surface area contributed by atoms with E-state index in [2.05, 4.69) is 460 Å². The fourth-order valence-electron chi connectivity index (χ4n) is 22.0. The molecule has 0 radical (unpaired) electrons. The van der Waals surface area contributed by atoms with Crippen LogP contribution in [-0.4, -0.2) is 44.9 Å². The van der Waals surface area contributed by atoms with Gasteiger partial charge in [0.2, 0.25) is 0 Å². The molecule has 0 saturated carbocycles. The molecule has 0 atom stereocenters. The molecule has 17 aromatic carbocycles. The van der Waals surface area contributed by atoms with Crippen molar-refractivity contribution >= 4 is 10.8 Å². The van der Waals surface area contributed by atoms with E-state index in [4.69, 9.17) is 29.9 Å². The Morgan fingerprint density at radius 1 is 0.170 bits per heavy atom. The van der Waals surface area contributed by atoms with E-state index < -0.39 is 5.41 Å². The number of fused-ring (bicyclic) bond motifs is 18. The van der Waals surface area contributed by atoms with Crippen molar-refractivity contribution in [3.8, 4) is 180 Å². The maximum Gasteiger partial charge on any atom is 0.160 e. The molecular weight excluding hydrogens is 1710 g/mol. The number of aromatic nitrogens is 9. The van der Waals surface area contributed by atoms with Gasteiger partial charge in [-0.15, -0.1) is 0 Å².